The second-order valence-corrected chi connectivity index (χ2v) is 5.41. The first-order valence-corrected chi connectivity index (χ1v) is 7.25. The third kappa shape index (κ3) is 3.93. The van der Waals surface area contributed by atoms with Crippen molar-refractivity contribution in [3.8, 4) is 0 Å². The number of nitrogens with zero attached hydrogens (tertiary/aromatic N) is 1. The summed E-state index contributed by atoms with van der Waals surface area (Å²) in [7, 11) is 1.78. The number of carboxylic acids is 1. The molecule has 0 bridgehead atoms. The van der Waals surface area contributed by atoms with Gasteiger partial charge in [-0.15, -0.1) is 0 Å². The van der Waals surface area contributed by atoms with Crippen LogP contribution in [-0.4, -0.2) is 60.3 Å². The number of likely N-dealkylation sites (N-methyl/N-ethyl adjacent to an activating group) is 1. The molecule has 1 fully saturated rings. The highest BCUT2D eigenvalue weighted by Gasteiger charge is 2.39. The van der Waals surface area contributed by atoms with Gasteiger partial charge in [-0.3, -0.25) is 14.5 Å². The lowest BCUT2D eigenvalue weighted by Crippen LogP contribution is -2.52. The van der Waals surface area contributed by atoms with Gasteiger partial charge in [-0.2, -0.15) is 0 Å². The largest absolute Gasteiger partial charge is 0.481 e. The van der Waals surface area contributed by atoms with Gasteiger partial charge in [0.15, 0.2) is 0 Å². The van der Waals surface area contributed by atoms with E-state index in [-0.39, 0.29) is 30.6 Å². The van der Waals surface area contributed by atoms with E-state index in [1.54, 1.807) is 14.0 Å². The predicted octanol–water partition coefficient (Wildman–Crippen LogP) is 0.711. The van der Waals surface area contributed by atoms with Crippen molar-refractivity contribution in [3.05, 3.63) is 0 Å². The Labute approximate surface area is 120 Å². The minimum Gasteiger partial charge on any atom is -0.481 e. The van der Waals surface area contributed by atoms with Crippen LogP contribution in [0.15, 0.2) is 0 Å². The molecule has 6 heteroatoms. The van der Waals surface area contributed by atoms with Crippen molar-refractivity contribution in [1.82, 2.24) is 10.2 Å². The SMILES string of the molecule is CCC(CC)NC(=O)C(C)N(C)C1COCC1C(=O)O. The maximum absolute atomic E-state index is 12.2. The first-order valence-electron chi connectivity index (χ1n) is 7.25. The number of ether oxygens (including phenoxy) is 1. The first kappa shape index (κ1) is 16.9. The van der Waals surface area contributed by atoms with E-state index in [9.17, 15) is 9.59 Å². The zero-order valence-electron chi connectivity index (χ0n) is 12.8. The Morgan fingerprint density at radius 1 is 1.35 bits per heavy atom. The van der Waals surface area contributed by atoms with Gasteiger partial charge in [-0.25, -0.2) is 0 Å². The fourth-order valence-electron chi connectivity index (χ4n) is 2.47. The number of carbonyl (C=O) groups excluding carboxylic acids is 1. The number of rotatable bonds is 7. The van der Waals surface area contributed by atoms with Crippen LogP contribution in [0.3, 0.4) is 0 Å². The van der Waals surface area contributed by atoms with Crippen LogP contribution < -0.4 is 5.32 Å². The molecule has 20 heavy (non-hydrogen) atoms. The van der Waals surface area contributed by atoms with Crippen LogP contribution in [0.4, 0.5) is 0 Å². The molecule has 1 heterocycles. The van der Waals surface area contributed by atoms with E-state index >= 15 is 0 Å². The van der Waals surface area contributed by atoms with Crippen LogP contribution in [-0.2, 0) is 14.3 Å². The van der Waals surface area contributed by atoms with Crippen molar-refractivity contribution >= 4 is 11.9 Å². The number of hydrogen-bond donors (Lipinski definition) is 2. The van der Waals surface area contributed by atoms with E-state index in [1.165, 1.54) is 0 Å². The number of nitrogens with one attached hydrogen (secondary N) is 1. The molecule has 3 unspecified atom stereocenters. The van der Waals surface area contributed by atoms with Crippen molar-refractivity contribution in [2.75, 3.05) is 20.3 Å². The Kier molecular flexibility index (Phi) is 6.42. The summed E-state index contributed by atoms with van der Waals surface area (Å²) in [6, 6.07) is -0.451. The molecule has 1 amide bonds. The van der Waals surface area contributed by atoms with Gasteiger partial charge >= 0.3 is 5.97 Å². The number of hydrogen-bond acceptors (Lipinski definition) is 4. The smallest absolute Gasteiger partial charge is 0.310 e. The van der Waals surface area contributed by atoms with Crippen LogP contribution in [0, 0.1) is 5.92 Å². The van der Waals surface area contributed by atoms with E-state index in [4.69, 9.17) is 9.84 Å². The fraction of sp³-hybridized carbons (Fsp3) is 0.857. The molecule has 6 nitrogen and oxygen atoms in total. The minimum absolute atomic E-state index is 0.0581. The number of aliphatic carboxylic acids is 1. The van der Waals surface area contributed by atoms with Crippen molar-refractivity contribution in [1.29, 1.82) is 0 Å². The van der Waals surface area contributed by atoms with Crippen molar-refractivity contribution in [2.45, 2.75) is 51.7 Å². The third-order valence-corrected chi connectivity index (χ3v) is 4.21. The van der Waals surface area contributed by atoms with Crippen LogP contribution in [0.2, 0.25) is 0 Å². The van der Waals surface area contributed by atoms with Crippen LogP contribution in [0.1, 0.15) is 33.6 Å². The van der Waals surface area contributed by atoms with Gasteiger partial charge in [0.1, 0.15) is 0 Å². The van der Waals surface area contributed by atoms with Gasteiger partial charge in [0.05, 0.1) is 25.2 Å². The maximum atomic E-state index is 12.2. The highest BCUT2D eigenvalue weighted by molar-refractivity contribution is 5.81. The zero-order chi connectivity index (χ0) is 15.3. The Morgan fingerprint density at radius 3 is 2.45 bits per heavy atom. The standard InChI is InChI=1S/C14H26N2O4/c1-5-10(6-2)15-13(17)9(3)16(4)12-8-20-7-11(12)14(18)19/h9-12H,5-8H2,1-4H3,(H,15,17)(H,18,19). The molecule has 1 aliphatic heterocycles. The summed E-state index contributed by atoms with van der Waals surface area (Å²) in [4.78, 5) is 25.2. The predicted molar refractivity (Wildman–Crippen MR) is 75.5 cm³/mol. The van der Waals surface area contributed by atoms with Gasteiger partial charge in [-0.1, -0.05) is 13.8 Å². The number of amides is 1. The molecule has 0 spiro atoms. The van der Waals surface area contributed by atoms with Crippen molar-refractivity contribution in [3.63, 3.8) is 0 Å². The number of carboxylic acid groups (broad SMARTS) is 1. The number of carbonyl (C=O) groups is 2. The average molecular weight is 286 g/mol. The molecule has 116 valence electrons. The molecule has 3 atom stereocenters. The summed E-state index contributed by atoms with van der Waals surface area (Å²) in [5, 5.41) is 12.2. The second-order valence-electron chi connectivity index (χ2n) is 5.41. The molecule has 2 N–H and O–H groups in total. The molecule has 0 aliphatic carbocycles. The summed E-state index contributed by atoms with van der Waals surface area (Å²) in [5.74, 6) is -1.49. The molecule has 0 aromatic carbocycles. The van der Waals surface area contributed by atoms with Gasteiger partial charge in [0.2, 0.25) is 5.91 Å². The maximum Gasteiger partial charge on any atom is 0.310 e. The quantitative estimate of drug-likeness (QED) is 0.720. The molecule has 0 aromatic rings. The van der Waals surface area contributed by atoms with E-state index in [2.05, 4.69) is 5.32 Å². The molecular formula is C14H26N2O4. The summed E-state index contributed by atoms with van der Waals surface area (Å²) >= 11 is 0. The van der Waals surface area contributed by atoms with Gasteiger partial charge in [-0.05, 0) is 26.8 Å². The zero-order valence-corrected chi connectivity index (χ0v) is 12.8. The van der Waals surface area contributed by atoms with Gasteiger partial charge in [0, 0.05) is 12.1 Å². The van der Waals surface area contributed by atoms with Crippen LogP contribution in [0.5, 0.6) is 0 Å². The summed E-state index contributed by atoms with van der Waals surface area (Å²) in [5.41, 5.74) is 0. The monoisotopic (exact) mass is 286 g/mol. The summed E-state index contributed by atoms with van der Waals surface area (Å²) in [6.07, 6.45) is 1.78. The van der Waals surface area contributed by atoms with E-state index in [0.717, 1.165) is 12.8 Å². The van der Waals surface area contributed by atoms with E-state index in [0.29, 0.717) is 6.61 Å². The topological polar surface area (TPSA) is 78.9 Å². The van der Waals surface area contributed by atoms with Crippen LogP contribution in [0.25, 0.3) is 0 Å². The van der Waals surface area contributed by atoms with Gasteiger partial charge in [0.25, 0.3) is 0 Å². The second kappa shape index (κ2) is 7.59. The van der Waals surface area contributed by atoms with Crippen molar-refractivity contribution in [2.24, 2.45) is 5.92 Å². The van der Waals surface area contributed by atoms with Gasteiger partial charge < -0.3 is 15.2 Å². The average Bonchev–Trinajstić information content (AvgIpc) is 2.92. The molecular weight excluding hydrogens is 260 g/mol. The molecule has 1 rings (SSSR count). The van der Waals surface area contributed by atoms with Crippen LogP contribution >= 0.6 is 0 Å². The fourth-order valence-corrected chi connectivity index (χ4v) is 2.47. The highest BCUT2D eigenvalue weighted by Crippen LogP contribution is 2.20. The minimum atomic E-state index is -0.869. The van der Waals surface area contributed by atoms with E-state index in [1.807, 2.05) is 18.7 Å². The Bertz CT molecular complexity index is 344. The normalized spacial score (nSPS) is 24.1. The Morgan fingerprint density at radius 2 is 1.95 bits per heavy atom. The Balaban J connectivity index is 2.63. The summed E-state index contributed by atoms with van der Waals surface area (Å²) < 4.78 is 5.25. The molecule has 0 saturated carbocycles. The summed E-state index contributed by atoms with van der Waals surface area (Å²) in [6.45, 7) is 6.44. The van der Waals surface area contributed by atoms with Crippen molar-refractivity contribution < 1.29 is 19.4 Å². The lowest BCUT2D eigenvalue weighted by Gasteiger charge is -2.31. The third-order valence-electron chi connectivity index (χ3n) is 4.21. The Hall–Kier alpha value is -1.14. The first-order chi connectivity index (χ1) is 9.42. The molecule has 0 radical (unpaired) electrons. The lowest BCUT2D eigenvalue weighted by molar-refractivity contribution is -0.144. The highest BCUT2D eigenvalue weighted by atomic mass is 16.5. The van der Waals surface area contributed by atoms with E-state index < -0.39 is 11.9 Å². The molecule has 0 aromatic heterocycles. The molecule has 1 aliphatic rings. The molecule has 1 saturated heterocycles. The lowest BCUT2D eigenvalue weighted by atomic mass is 10.0.